The number of hydrogen-bond acceptors (Lipinski definition) is 4. The summed E-state index contributed by atoms with van der Waals surface area (Å²) in [4.78, 5) is 11.4. The molecule has 0 aliphatic heterocycles. The first-order chi connectivity index (χ1) is 10.5. The van der Waals surface area contributed by atoms with Crippen molar-refractivity contribution >= 4 is 6.09 Å². The highest BCUT2D eigenvalue weighted by Crippen LogP contribution is 2.19. The summed E-state index contributed by atoms with van der Waals surface area (Å²) in [5.41, 5.74) is 0. The van der Waals surface area contributed by atoms with Gasteiger partial charge in [0.05, 0.1) is 6.10 Å². The monoisotopic (exact) mass is 309 g/mol. The van der Waals surface area contributed by atoms with Gasteiger partial charge in [0.25, 0.3) is 0 Å². The summed E-state index contributed by atoms with van der Waals surface area (Å²) in [7, 11) is 0. The minimum atomic E-state index is -0.407. The van der Waals surface area contributed by atoms with Crippen molar-refractivity contribution in [3.63, 3.8) is 0 Å². The minimum absolute atomic E-state index is 0.117. The summed E-state index contributed by atoms with van der Waals surface area (Å²) in [6.07, 6.45) is 1.63. The standard InChI is InChI=1S/C17H27NO4/c1-5-13(3)18-17(19)21-12-11-20-15-7-9-16(10-8-15)22-14(4)6-2/h7-10,13-14H,5-6,11-12H2,1-4H3,(H,18,19). The highest BCUT2D eigenvalue weighted by molar-refractivity contribution is 5.67. The van der Waals surface area contributed by atoms with E-state index in [1.165, 1.54) is 0 Å². The summed E-state index contributed by atoms with van der Waals surface area (Å²) in [6.45, 7) is 8.59. The first-order valence-corrected chi connectivity index (χ1v) is 7.88. The molecule has 2 atom stereocenters. The molecular weight excluding hydrogens is 282 g/mol. The van der Waals surface area contributed by atoms with Crippen LogP contribution in [0, 0.1) is 0 Å². The van der Waals surface area contributed by atoms with Gasteiger partial charge in [0.2, 0.25) is 0 Å². The predicted molar refractivity (Wildman–Crippen MR) is 86.6 cm³/mol. The average Bonchev–Trinajstić information content (AvgIpc) is 2.52. The number of hydrogen-bond donors (Lipinski definition) is 1. The molecule has 1 aromatic carbocycles. The Hall–Kier alpha value is -1.91. The first kappa shape index (κ1) is 18.1. The van der Waals surface area contributed by atoms with Crippen LogP contribution in [0.25, 0.3) is 0 Å². The van der Waals surface area contributed by atoms with Gasteiger partial charge in [-0.15, -0.1) is 0 Å². The second kappa shape index (κ2) is 9.92. The lowest BCUT2D eigenvalue weighted by atomic mass is 10.3. The van der Waals surface area contributed by atoms with Gasteiger partial charge in [0.15, 0.2) is 0 Å². The van der Waals surface area contributed by atoms with Gasteiger partial charge in [-0.05, 0) is 51.0 Å². The van der Waals surface area contributed by atoms with Crippen molar-refractivity contribution < 1.29 is 19.0 Å². The molecule has 0 aliphatic rings. The Morgan fingerprint density at radius 1 is 1.05 bits per heavy atom. The van der Waals surface area contributed by atoms with Crippen molar-refractivity contribution in [3.05, 3.63) is 24.3 Å². The molecule has 22 heavy (non-hydrogen) atoms. The van der Waals surface area contributed by atoms with E-state index in [9.17, 15) is 4.79 Å². The first-order valence-electron chi connectivity index (χ1n) is 7.88. The van der Waals surface area contributed by atoms with E-state index in [0.717, 1.165) is 24.3 Å². The van der Waals surface area contributed by atoms with E-state index >= 15 is 0 Å². The van der Waals surface area contributed by atoms with Crippen molar-refractivity contribution in [3.8, 4) is 11.5 Å². The van der Waals surface area contributed by atoms with Crippen LogP contribution in [0.15, 0.2) is 24.3 Å². The van der Waals surface area contributed by atoms with Crippen LogP contribution in [0.4, 0.5) is 4.79 Å². The molecule has 0 fully saturated rings. The van der Waals surface area contributed by atoms with Gasteiger partial charge in [-0.1, -0.05) is 13.8 Å². The van der Waals surface area contributed by atoms with Crippen molar-refractivity contribution in [2.45, 2.75) is 52.7 Å². The van der Waals surface area contributed by atoms with Crippen LogP contribution in [0.1, 0.15) is 40.5 Å². The molecule has 5 nitrogen and oxygen atoms in total. The second-order valence-corrected chi connectivity index (χ2v) is 5.25. The second-order valence-electron chi connectivity index (χ2n) is 5.25. The van der Waals surface area contributed by atoms with Crippen molar-refractivity contribution in [2.24, 2.45) is 0 Å². The zero-order chi connectivity index (χ0) is 16.4. The van der Waals surface area contributed by atoms with E-state index in [-0.39, 0.29) is 18.8 Å². The molecule has 1 amide bonds. The number of alkyl carbamates (subject to hydrolysis) is 1. The lowest BCUT2D eigenvalue weighted by molar-refractivity contribution is 0.122. The smallest absolute Gasteiger partial charge is 0.407 e. The van der Waals surface area contributed by atoms with Crippen molar-refractivity contribution in [1.82, 2.24) is 5.32 Å². The van der Waals surface area contributed by atoms with Crippen molar-refractivity contribution in [1.29, 1.82) is 0 Å². The van der Waals surface area contributed by atoms with Crippen LogP contribution < -0.4 is 14.8 Å². The molecule has 0 aliphatic carbocycles. The van der Waals surface area contributed by atoms with E-state index in [2.05, 4.69) is 12.2 Å². The van der Waals surface area contributed by atoms with Crippen molar-refractivity contribution in [2.75, 3.05) is 13.2 Å². The van der Waals surface area contributed by atoms with Crippen LogP contribution in [-0.4, -0.2) is 31.5 Å². The Labute approximate surface area is 132 Å². The third-order valence-corrected chi connectivity index (χ3v) is 3.30. The number of carbonyl (C=O) groups is 1. The maximum absolute atomic E-state index is 11.4. The fourth-order valence-electron chi connectivity index (χ4n) is 1.57. The summed E-state index contributed by atoms with van der Waals surface area (Å²) in [5.74, 6) is 1.55. The predicted octanol–water partition coefficient (Wildman–Crippen LogP) is 3.77. The van der Waals surface area contributed by atoms with Gasteiger partial charge in [-0.2, -0.15) is 0 Å². The Morgan fingerprint density at radius 3 is 2.27 bits per heavy atom. The lowest BCUT2D eigenvalue weighted by Gasteiger charge is -2.13. The normalized spacial score (nSPS) is 13.1. The van der Waals surface area contributed by atoms with E-state index in [0.29, 0.717) is 6.61 Å². The van der Waals surface area contributed by atoms with Gasteiger partial charge < -0.3 is 19.5 Å². The zero-order valence-corrected chi connectivity index (χ0v) is 13.9. The van der Waals surface area contributed by atoms with Gasteiger partial charge in [-0.3, -0.25) is 0 Å². The van der Waals surface area contributed by atoms with Crippen LogP contribution in [0.5, 0.6) is 11.5 Å². The summed E-state index contributed by atoms with van der Waals surface area (Å²) in [5, 5.41) is 2.73. The lowest BCUT2D eigenvalue weighted by Crippen LogP contribution is -2.33. The molecule has 2 unspecified atom stereocenters. The largest absolute Gasteiger partial charge is 0.491 e. The SMILES string of the molecule is CCC(C)NC(=O)OCCOc1ccc(OC(C)CC)cc1. The molecule has 1 aromatic rings. The Balaban J connectivity index is 2.23. The Kier molecular flexibility index (Phi) is 8.18. The van der Waals surface area contributed by atoms with Gasteiger partial charge >= 0.3 is 6.09 Å². The highest BCUT2D eigenvalue weighted by atomic mass is 16.6. The molecule has 5 heteroatoms. The Morgan fingerprint density at radius 2 is 1.68 bits per heavy atom. The molecule has 0 spiro atoms. The Bertz CT molecular complexity index is 433. The third kappa shape index (κ3) is 7.20. The molecular formula is C17H27NO4. The van der Waals surface area contributed by atoms with Crippen LogP contribution >= 0.6 is 0 Å². The fourth-order valence-corrected chi connectivity index (χ4v) is 1.57. The molecule has 124 valence electrons. The molecule has 0 heterocycles. The molecule has 1 N–H and O–H groups in total. The van der Waals surface area contributed by atoms with Gasteiger partial charge in [-0.25, -0.2) is 4.79 Å². The van der Waals surface area contributed by atoms with Gasteiger partial charge in [0, 0.05) is 6.04 Å². The van der Waals surface area contributed by atoms with E-state index < -0.39 is 6.09 Å². The maximum Gasteiger partial charge on any atom is 0.407 e. The van der Waals surface area contributed by atoms with E-state index in [1.54, 1.807) is 0 Å². The zero-order valence-electron chi connectivity index (χ0n) is 13.9. The van der Waals surface area contributed by atoms with Crippen LogP contribution in [0.2, 0.25) is 0 Å². The van der Waals surface area contributed by atoms with Crippen LogP contribution in [0.3, 0.4) is 0 Å². The topological polar surface area (TPSA) is 56.8 Å². The molecule has 0 bridgehead atoms. The quantitative estimate of drug-likeness (QED) is 0.706. The fraction of sp³-hybridized carbons (Fsp3) is 0.588. The molecule has 0 aromatic heterocycles. The average molecular weight is 309 g/mol. The van der Waals surface area contributed by atoms with Gasteiger partial charge in [0.1, 0.15) is 24.7 Å². The number of rotatable bonds is 9. The van der Waals surface area contributed by atoms with E-state index in [4.69, 9.17) is 14.2 Å². The third-order valence-electron chi connectivity index (χ3n) is 3.30. The number of carbonyl (C=O) groups excluding carboxylic acids is 1. The molecule has 0 saturated heterocycles. The highest BCUT2D eigenvalue weighted by Gasteiger charge is 2.06. The summed E-state index contributed by atoms with van der Waals surface area (Å²) < 4.78 is 16.2. The van der Waals surface area contributed by atoms with E-state index in [1.807, 2.05) is 45.0 Å². The molecule has 1 rings (SSSR count). The van der Waals surface area contributed by atoms with Crippen LogP contribution in [-0.2, 0) is 4.74 Å². The number of nitrogens with one attached hydrogen (secondary N) is 1. The maximum atomic E-state index is 11.4. The number of benzene rings is 1. The summed E-state index contributed by atoms with van der Waals surface area (Å²) in [6, 6.07) is 7.55. The summed E-state index contributed by atoms with van der Waals surface area (Å²) >= 11 is 0. The minimum Gasteiger partial charge on any atom is -0.491 e. The molecule has 0 saturated carbocycles. The number of ether oxygens (including phenoxy) is 3. The number of amides is 1. The molecule has 0 radical (unpaired) electrons.